The van der Waals surface area contributed by atoms with Gasteiger partial charge in [0.1, 0.15) is 13.2 Å². The van der Waals surface area contributed by atoms with E-state index in [0.29, 0.717) is 30.2 Å². The number of amides is 1. The molecular weight excluding hydrogens is 416 g/mol. The molecule has 164 valence electrons. The van der Waals surface area contributed by atoms with Crippen LogP contribution < -0.4 is 0 Å². The highest BCUT2D eigenvalue weighted by atomic mass is 16.6. The summed E-state index contributed by atoms with van der Waals surface area (Å²) in [6.45, 7) is 0.340. The maximum Gasteiger partial charge on any atom is 0.257 e. The molecule has 3 aromatic carbocycles. The Morgan fingerprint density at radius 3 is 2.24 bits per heavy atom. The Balaban J connectivity index is 1.42. The third kappa shape index (κ3) is 4.25. The number of carbonyl (C=O) groups excluding carboxylic acids is 1. The fourth-order valence-corrected chi connectivity index (χ4v) is 4.01. The second kappa shape index (κ2) is 9.08. The third-order valence-electron chi connectivity index (χ3n) is 5.64. The van der Waals surface area contributed by atoms with Gasteiger partial charge in [-0.1, -0.05) is 71.0 Å². The van der Waals surface area contributed by atoms with Gasteiger partial charge in [-0.3, -0.25) is 4.79 Å². The summed E-state index contributed by atoms with van der Waals surface area (Å²) in [6.07, 6.45) is 0.482. The van der Waals surface area contributed by atoms with Crippen molar-refractivity contribution in [3.8, 4) is 22.6 Å². The Labute approximate surface area is 191 Å². The van der Waals surface area contributed by atoms with E-state index in [2.05, 4.69) is 15.3 Å². The largest absolute Gasteiger partial charge is 0.399 e. The maximum absolute atomic E-state index is 13.4. The van der Waals surface area contributed by atoms with Crippen LogP contribution in [0.2, 0.25) is 0 Å². The van der Waals surface area contributed by atoms with Gasteiger partial charge in [0, 0.05) is 17.5 Å². The Kier molecular flexibility index (Phi) is 5.68. The van der Waals surface area contributed by atoms with Gasteiger partial charge in [-0.25, -0.2) is 0 Å². The molecule has 7 heteroatoms. The molecule has 1 fully saturated rings. The quantitative estimate of drug-likeness (QED) is 0.410. The molecule has 0 bridgehead atoms. The topological polar surface area (TPSA) is 80.8 Å². The zero-order valence-electron chi connectivity index (χ0n) is 18.1. The molecule has 0 radical (unpaired) electrons. The molecule has 1 unspecified atom stereocenters. The first-order valence-electron chi connectivity index (χ1n) is 10.7. The van der Waals surface area contributed by atoms with Crippen molar-refractivity contribution in [3.63, 3.8) is 0 Å². The molecule has 1 aliphatic heterocycles. The smallest absolute Gasteiger partial charge is 0.257 e. The zero-order valence-corrected chi connectivity index (χ0v) is 18.1. The monoisotopic (exact) mass is 438 g/mol. The first kappa shape index (κ1) is 20.6. The summed E-state index contributed by atoms with van der Waals surface area (Å²) >= 11 is 0. The summed E-state index contributed by atoms with van der Waals surface area (Å²) in [5.41, 5.74) is 4.32. The minimum atomic E-state index is -0.388. The van der Waals surface area contributed by atoms with Gasteiger partial charge in [-0.2, -0.15) is 4.98 Å². The van der Waals surface area contributed by atoms with E-state index in [4.69, 9.17) is 9.36 Å². The highest BCUT2D eigenvalue weighted by Gasteiger charge is 2.38. The maximum atomic E-state index is 13.4. The number of hydrogen-bond acceptors (Lipinski definition) is 6. The highest BCUT2D eigenvalue weighted by molar-refractivity contribution is 6.00. The summed E-state index contributed by atoms with van der Waals surface area (Å²) in [6, 6.07) is 26.8. The van der Waals surface area contributed by atoms with Crippen molar-refractivity contribution in [1.29, 1.82) is 0 Å². The van der Waals surface area contributed by atoms with Gasteiger partial charge in [0.15, 0.2) is 5.82 Å². The van der Waals surface area contributed by atoms with Gasteiger partial charge in [0.25, 0.3) is 11.8 Å². The van der Waals surface area contributed by atoms with Gasteiger partial charge < -0.3 is 14.3 Å². The van der Waals surface area contributed by atoms with Crippen molar-refractivity contribution < 1.29 is 14.2 Å². The zero-order chi connectivity index (χ0) is 22.6. The number of likely N-dealkylation sites (tertiary alicyclic amines) is 1. The van der Waals surface area contributed by atoms with Crippen LogP contribution in [0.4, 0.5) is 0 Å². The Hall–Kier alpha value is -4.26. The van der Waals surface area contributed by atoms with E-state index in [1.54, 1.807) is 4.90 Å². The SMILES string of the molecule is CON=C1CC(c2noc(-c3ccccc3)n2)N(C(=O)c2ccc(-c3ccccc3)cc2)C1. The third-order valence-corrected chi connectivity index (χ3v) is 5.64. The van der Waals surface area contributed by atoms with E-state index in [9.17, 15) is 4.79 Å². The molecular formula is C26H22N4O3. The van der Waals surface area contributed by atoms with Gasteiger partial charge in [-0.15, -0.1) is 0 Å². The molecule has 0 aliphatic carbocycles. The molecule has 1 atom stereocenters. The lowest BCUT2D eigenvalue weighted by Crippen LogP contribution is -2.31. The van der Waals surface area contributed by atoms with Crippen LogP contribution in [0.1, 0.15) is 28.6 Å². The van der Waals surface area contributed by atoms with Crippen LogP contribution in [0.3, 0.4) is 0 Å². The number of hydrogen-bond donors (Lipinski definition) is 0. The minimum absolute atomic E-state index is 0.119. The molecule has 2 heterocycles. The fourth-order valence-electron chi connectivity index (χ4n) is 4.01. The Morgan fingerprint density at radius 2 is 1.58 bits per heavy atom. The highest BCUT2D eigenvalue weighted by Crippen LogP contribution is 2.32. The van der Waals surface area contributed by atoms with E-state index in [0.717, 1.165) is 22.4 Å². The summed E-state index contributed by atoms with van der Waals surface area (Å²) < 4.78 is 5.49. The lowest BCUT2D eigenvalue weighted by molar-refractivity contribution is 0.0732. The number of aromatic nitrogens is 2. The Bertz CT molecular complexity index is 1270. The predicted octanol–water partition coefficient (Wildman–Crippen LogP) is 4.99. The van der Waals surface area contributed by atoms with Crippen molar-refractivity contribution >= 4 is 11.6 Å². The van der Waals surface area contributed by atoms with Gasteiger partial charge in [-0.05, 0) is 35.4 Å². The van der Waals surface area contributed by atoms with Gasteiger partial charge in [0.05, 0.1) is 12.3 Å². The van der Waals surface area contributed by atoms with Crippen molar-refractivity contribution in [3.05, 3.63) is 96.3 Å². The summed E-state index contributed by atoms with van der Waals surface area (Å²) in [5, 5.41) is 8.25. The first-order chi connectivity index (χ1) is 16.2. The molecule has 0 saturated carbocycles. The average molecular weight is 438 g/mol. The molecule has 1 amide bonds. The molecule has 1 saturated heterocycles. The second-order valence-corrected chi connectivity index (χ2v) is 7.76. The van der Waals surface area contributed by atoms with Gasteiger partial charge in [0.2, 0.25) is 0 Å². The van der Waals surface area contributed by atoms with Crippen LogP contribution in [0.25, 0.3) is 22.6 Å². The molecule has 7 nitrogen and oxygen atoms in total. The molecule has 5 rings (SSSR count). The molecule has 4 aromatic rings. The van der Waals surface area contributed by atoms with Crippen LogP contribution in [0.15, 0.2) is 94.6 Å². The minimum Gasteiger partial charge on any atom is -0.399 e. The number of carbonyl (C=O) groups is 1. The normalized spacial score (nSPS) is 16.8. The van der Waals surface area contributed by atoms with E-state index in [-0.39, 0.29) is 11.9 Å². The molecule has 33 heavy (non-hydrogen) atoms. The van der Waals surface area contributed by atoms with Crippen LogP contribution in [0.5, 0.6) is 0 Å². The molecule has 0 spiro atoms. The number of oxime groups is 1. The van der Waals surface area contributed by atoms with E-state index in [1.165, 1.54) is 7.11 Å². The standard InChI is InChI=1S/C26H22N4O3/c1-32-28-22-16-23(24-27-25(33-29-24)20-10-6-3-7-11-20)30(17-22)26(31)21-14-12-19(13-15-21)18-8-4-2-5-9-18/h2-15,23H,16-17H2,1H3. The molecule has 0 N–H and O–H groups in total. The first-order valence-corrected chi connectivity index (χ1v) is 10.7. The molecule has 1 aliphatic rings. The van der Waals surface area contributed by atoms with Crippen molar-refractivity contribution in [2.45, 2.75) is 12.5 Å². The van der Waals surface area contributed by atoms with Gasteiger partial charge >= 0.3 is 0 Å². The lowest BCUT2D eigenvalue weighted by atomic mass is 10.0. The van der Waals surface area contributed by atoms with Crippen LogP contribution in [-0.4, -0.2) is 40.3 Å². The van der Waals surface area contributed by atoms with Crippen molar-refractivity contribution in [1.82, 2.24) is 15.0 Å². The van der Waals surface area contributed by atoms with E-state index < -0.39 is 0 Å². The van der Waals surface area contributed by atoms with Crippen molar-refractivity contribution in [2.75, 3.05) is 13.7 Å². The Morgan fingerprint density at radius 1 is 0.939 bits per heavy atom. The summed E-state index contributed by atoms with van der Waals surface area (Å²) in [4.78, 5) is 24.7. The van der Waals surface area contributed by atoms with Crippen LogP contribution in [-0.2, 0) is 4.84 Å². The lowest BCUT2D eigenvalue weighted by Gasteiger charge is -2.21. The molecule has 1 aromatic heterocycles. The number of nitrogens with zero attached hydrogens (tertiary/aromatic N) is 4. The van der Waals surface area contributed by atoms with E-state index >= 15 is 0 Å². The van der Waals surface area contributed by atoms with Crippen LogP contribution in [0, 0.1) is 0 Å². The second-order valence-electron chi connectivity index (χ2n) is 7.76. The average Bonchev–Trinajstić information content (AvgIpc) is 3.53. The fraction of sp³-hybridized carbons (Fsp3) is 0.154. The summed E-state index contributed by atoms with van der Waals surface area (Å²) in [7, 11) is 1.50. The number of benzene rings is 3. The summed E-state index contributed by atoms with van der Waals surface area (Å²) in [5.74, 6) is 0.749. The predicted molar refractivity (Wildman–Crippen MR) is 124 cm³/mol. The number of rotatable bonds is 5. The van der Waals surface area contributed by atoms with Crippen LogP contribution >= 0.6 is 0 Å². The van der Waals surface area contributed by atoms with E-state index in [1.807, 2.05) is 84.9 Å². The van der Waals surface area contributed by atoms with Crippen molar-refractivity contribution in [2.24, 2.45) is 5.16 Å².